The maximum atomic E-state index is 9.74. The lowest BCUT2D eigenvalue weighted by atomic mass is 9.94. The second-order valence-corrected chi connectivity index (χ2v) is 5.20. The van der Waals surface area contributed by atoms with Crippen LogP contribution in [0.1, 0.15) is 26.7 Å². The highest BCUT2D eigenvalue weighted by Crippen LogP contribution is 2.40. The van der Waals surface area contributed by atoms with Crippen LogP contribution in [0.3, 0.4) is 0 Å². The predicted molar refractivity (Wildman–Crippen MR) is 49.8 cm³/mol. The average Bonchev–Trinajstić information content (AvgIpc) is 2.35. The zero-order valence-corrected chi connectivity index (χ0v) is 8.03. The van der Waals surface area contributed by atoms with E-state index >= 15 is 0 Å². The molecule has 0 spiro atoms. The Kier molecular flexibility index (Phi) is 2.84. The highest BCUT2D eigenvalue weighted by atomic mass is 32.2. The molecule has 1 aliphatic heterocycles. The van der Waals surface area contributed by atoms with Gasteiger partial charge in [0.05, 0.1) is 6.10 Å². The van der Waals surface area contributed by atoms with E-state index < -0.39 is 0 Å². The number of aliphatic hydroxyl groups excluding tert-OH is 1. The molecule has 11 heavy (non-hydrogen) atoms. The number of aliphatic hydroxyl groups is 1. The minimum absolute atomic E-state index is 0.0220. The summed E-state index contributed by atoms with van der Waals surface area (Å²) in [5.74, 6) is 1.17. The van der Waals surface area contributed by atoms with Crippen molar-refractivity contribution in [2.45, 2.75) is 43.6 Å². The first kappa shape index (κ1) is 9.36. The van der Waals surface area contributed by atoms with E-state index in [1.54, 1.807) is 0 Å². The van der Waals surface area contributed by atoms with Crippen molar-refractivity contribution >= 4 is 11.8 Å². The Morgan fingerprint density at radius 1 is 1.64 bits per heavy atom. The van der Waals surface area contributed by atoms with Crippen molar-refractivity contribution in [3.8, 4) is 0 Å². The molecule has 3 N–H and O–H groups in total. The van der Waals surface area contributed by atoms with Gasteiger partial charge < -0.3 is 10.8 Å². The van der Waals surface area contributed by atoms with Gasteiger partial charge in [0.25, 0.3) is 0 Å². The van der Waals surface area contributed by atoms with Crippen LogP contribution in [-0.4, -0.2) is 27.8 Å². The Bertz CT molecular complexity index is 132. The third-order valence-electron chi connectivity index (χ3n) is 2.37. The van der Waals surface area contributed by atoms with Crippen LogP contribution in [-0.2, 0) is 0 Å². The molecule has 0 aromatic carbocycles. The summed E-state index contributed by atoms with van der Waals surface area (Å²) in [6.07, 6.45) is 1.96. The average molecular weight is 175 g/mol. The van der Waals surface area contributed by atoms with Crippen LogP contribution in [0.2, 0.25) is 0 Å². The normalized spacial score (nSPS) is 37.1. The van der Waals surface area contributed by atoms with Crippen molar-refractivity contribution < 1.29 is 5.11 Å². The lowest BCUT2D eigenvalue weighted by molar-refractivity contribution is 0.112. The van der Waals surface area contributed by atoms with Crippen molar-refractivity contribution in [3.63, 3.8) is 0 Å². The first-order chi connectivity index (χ1) is 5.06. The molecule has 1 rings (SSSR count). The summed E-state index contributed by atoms with van der Waals surface area (Å²) in [5.41, 5.74) is 5.64. The largest absolute Gasteiger partial charge is 0.390 e. The molecule has 0 amide bonds. The van der Waals surface area contributed by atoms with Gasteiger partial charge in [-0.25, -0.2) is 0 Å². The molecule has 3 heteroatoms. The van der Waals surface area contributed by atoms with Gasteiger partial charge in [0.1, 0.15) is 0 Å². The third kappa shape index (κ3) is 1.89. The molecular formula is C8H17NOS. The fourth-order valence-electron chi connectivity index (χ4n) is 1.59. The molecule has 2 nitrogen and oxygen atoms in total. The van der Waals surface area contributed by atoms with Crippen LogP contribution in [0.5, 0.6) is 0 Å². The molecule has 1 fully saturated rings. The van der Waals surface area contributed by atoms with E-state index in [4.69, 9.17) is 5.73 Å². The van der Waals surface area contributed by atoms with Crippen LogP contribution in [0.4, 0.5) is 0 Å². The maximum absolute atomic E-state index is 9.74. The van der Waals surface area contributed by atoms with Gasteiger partial charge in [-0.1, -0.05) is 0 Å². The topological polar surface area (TPSA) is 46.2 Å². The lowest BCUT2D eigenvalue weighted by Gasteiger charge is -2.31. The van der Waals surface area contributed by atoms with Gasteiger partial charge in [-0.15, -0.1) is 0 Å². The first-order valence-electron chi connectivity index (χ1n) is 4.14. The van der Waals surface area contributed by atoms with Gasteiger partial charge in [-0.05, 0) is 32.4 Å². The van der Waals surface area contributed by atoms with Crippen molar-refractivity contribution in [1.29, 1.82) is 0 Å². The summed E-state index contributed by atoms with van der Waals surface area (Å²) < 4.78 is 0.0220. The Morgan fingerprint density at radius 3 is 2.64 bits per heavy atom. The molecule has 0 saturated carbocycles. The molecule has 0 aromatic rings. The smallest absolute Gasteiger partial charge is 0.0831 e. The van der Waals surface area contributed by atoms with Gasteiger partial charge in [-0.3, -0.25) is 0 Å². The van der Waals surface area contributed by atoms with E-state index in [1.165, 1.54) is 12.2 Å². The van der Waals surface area contributed by atoms with Crippen LogP contribution < -0.4 is 5.73 Å². The maximum Gasteiger partial charge on any atom is 0.0831 e. The zero-order chi connectivity index (χ0) is 8.48. The van der Waals surface area contributed by atoms with Crippen molar-refractivity contribution in [3.05, 3.63) is 0 Å². The molecule has 66 valence electrons. The van der Waals surface area contributed by atoms with E-state index in [9.17, 15) is 5.11 Å². The Hall–Kier alpha value is 0.270. The second-order valence-electron chi connectivity index (χ2n) is 3.57. The van der Waals surface area contributed by atoms with Crippen molar-refractivity contribution in [1.82, 2.24) is 0 Å². The van der Waals surface area contributed by atoms with Gasteiger partial charge in [0.2, 0.25) is 0 Å². The lowest BCUT2D eigenvalue weighted by Crippen LogP contribution is -2.45. The minimum Gasteiger partial charge on any atom is -0.390 e. The van der Waals surface area contributed by atoms with Gasteiger partial charge in [0, 0.05) is 10.8 Å². The van der Waals surface area contributed by atoms with Crippen molar-refractivity contribution in [2.24, 2.45) is 5.73 Å². The first-order valence-corrected chi connectivity index (χ1v) is 5.12. The van der Waals surface area contributed by atoms with Crippen LogP contribution in [0, 0.1) is 0 Å². The molecule has 0 aliphatic carbocycles. The molecular weight excluding hydrogens is 158 g/mol. The van der Waals surface area contributed by atoms with E-state index in [1.807, 2.05) is 18.7 Å². The van der Waals surface area contributed by atoms with Crippen LogP contribution >= 0.6 is 11.8 Å². The van der Waals surface area contributed by atoms with E-state index in [0.29, 0.717) is 0 Å². The summed E-state index contributed by atoms with van der Waals surface area (Å²) in [4.78, 5) is 0. The molecule has 3 atom stereocenters. The SMILES string of the molecule is CC(N)C(O)C1(C)CCCS1. The standard InChI is InChI=1S/C8H17NOS/c1-6(9)7(10)8(2)4-3-5-11-8/h6-7,10H,3-5,9H2,1-2H3. The quantitative estimate of drug-likeness (QED) is 0.657. The zero-order valence-electron chi connectivity index (χ0n) is 7.21. The Labute approximate surface area is 72.5 Å². The molecule has 1 heterocycles. The van der Waals surface area contributed by atoms with Crippen molar-refractivity contribution in [2.75, 3.05) is 5.75 Å². The fraction of sp³-hybridized carbons (Fsp3) is 1.00. The Balaban J connectivity index is 2.56. The molecule has 3 unspecified atom stereocenters. The fourth-order valence-corrected chi connectivity index (χ4v) is 3.02. The van der Waals surface area contributed by atoms with Gasteiger partial charge in [0.15, 0.2) is 0 Å². The molecule has 0 aromatic heterocycles. The van der Waals surface area contributed by atoms with E-state index in [2.05, 4.69) is 6.92 Å². The highest BCUT2D eigenvalue weighted by Gasteiger charge is 2.38. The Morgan fingerprint density at radius 2 is 2.27 bits per heavy atom. The number of nitrogens with two attached hydrogens (primary N) is 1. The highest BCUT2D eigenvalue weighted by molar-refractivity contribution is 8.00. The third-order valence-corrected chi connectivity index (χ3v) is 3.97. The number of thioether (sulfide) groups is 1. The molecule has 0 bridgehead atoms. The molecule has 1 aliphatic rings. The van der Waals surface area contributed by atoms with E-state index in [0.717, 1.165) is 6.42 Å². The predicted octanol–water partition coefficient (Wildman–Crippen LogP) is 0.980. The second kappa shape index (κ2) is 3.33. The number of hydrogen-bond acceptors (Lipinski definition) is 3. The number of hydrogen-bond donors (Lipinski definition) is 2. The van der Waals surface area contributed by atoms with E-state index in [-0.39, 0.29) is 16.9 Å². The summed E-state index contributed by atoms with van der Waals surface area (Å²) in [5, 5.41) is 9.74. The van der Waals surface area contributed by atoms with Gasteiger partial charge >= 0.3 is 0 Å². The summed E-state index contributed by atoms with van der Waals surface area (Å²) in [7, 11) is 0. The minimum atomic E-state index is -0.352. The summed E-state index contributed by atoms with van der Waals surface area (Å²) in [6, 6.07) is -0.106. The number of rotatable bonds is 2. The monoisotopic (exact) mass is 175 g/mol. The van der Waals surface area contributed by atoms with Crippen LogP contribution in [0.15, 0.2) is 0 Å². The molecule has 1 saturated heterocycles. The van der Waals surface area contributed by atoms with Gasteiger partial charge in [-0.2, -0.15) is 11.8 Å². The summed E-state index contributed by atoms with van der Waals surface area (Å²) in [6.45, 7) is 3.98. The molecule has 0 radical (unpaired) electrons. The van der Waals surface area contributed by atoms with Crippen LogP contribution in [0.25, 0.3) is 0 Å². The summed E-state index contributed by atoms with van der Waals surface area (Å²) >= 11 is 1.85.